The van der Waals surface area contributed by atoms with E-state index < -0.39 is 16.1 Å². The van der Waals surface area contributed by atoms with E-state index in [0.29, 0.717) is 23.9 Å². The van der Waals surface area contributed by atoms with Gasteiger partial charge in [0.1, 0.15) is 0 Å². The van der Waals surface area contributed by atoms with Crippen molar-refractivity contribution in [2.24, 2.45) is 5.92 Å². The lowest BCUT2D eigenvalue weighted by molar-refractivity contribution is 0.0612. The summed E-state index contributed by atoms with van der Waals surface area (Å²) in [6.07, 6.45) is 0.347. The van der Waals surface area contributed by atoms with E-state index >= 15 is 0 Å². The number of ether oxygens (including phenoxy) is 2. The first-order valence-electron chi connectivity index (χ1n) is 6.76. The van der Waals surface area contributed by atoms with Gasteiger partial charge in [0.15, 0.2) is 5.82 Å². The van der Waals surface area contributed by atoms with Crippen molar-refractivity contribution in [2.75, 3.05) is 30.8 Å². The van der Waals surface area contributed by atoms with Crippen molar-refractivity contribution in [2.45, 2.75) is 19.4 Å². The summed E-state index contributed by atoms with van der Waals surface area (Å²) < 4.78 is 37.6. The molecule has 1 aliphatic rings. The van der Waals surface area contributed by atoms with Gasteiger partial charge in [-0.15, -0.1) is 0 Å². The molecule has 0 aliphatic carbocycles. The van der Waals surface area contributed by atoms with Gasteiger partial charge in [0.25, 0.3) is 0 Å². The lowest BCUT2D eigenvalue weighted by Gasteiger charge is -2.21. The van der Waals surface area contributed by atoms with Gasteiger partial charge in [0.05, 0.1) is 34.2 Å². The molecule has 6 nitrogen and oxygen atoms in total. The zero-order valence-electron chi connectivity index (χ0n) is 12.3. The van der Waals surface area contributed by atoms with E-state index in [1.165, 1.54) is 13.2 Å². The van der Waals surface area contributed by atoms with Crippen molar-refractivity contribution in [3.8, 4) is 0 Å². The molecule has 2 atom stereocenters. The molecule has 124 valence electrons. The maximum atomic E-state index is 12.3. The maximum Gasteiger partial charge on any atom is 0.236 e. The van der Waals surface area contributed by atoms with Crippen molar-refractivity contribution in [3.63, 3.8) is 0 Å². The highest BCUT2D eigenvalue weighted by Gasteiger charge is 2.30. The standard InChI is InChI=1S/C13H18Cl2N2O4S/c1-8-10(14)5-11(15)13(16-8)17-22(18,19)7-12(20-2)9-3-4-21-6-9/h5,9,12H,3-4,6-7H2,1-2H3,(H,16,17). The lowest BCUT2D eigenvalue weighted by Crippen LogP contribution is -2.34. The fraction of sp³-hybridized carbons (Fsp3) is 0.615. The van der Waals surface area contributed by atoms with E-state index in [0.717, 1.165) is 6.42 Å². The van der Waals surface area contributed by atoms with E-state index in [2.05, 4.69) is 9.71 Å². The maximum absolute atomic E-state index is 12.3. The summed E-state index contributed by atoms with van der Waals surface area (Å²) in [6, 6.07) is 1.46. The number of aromatic nitrogens is 1. The Bertz CT molecular complexity index is 633. The number of aryl methyl sites for hydroxylation is 1. The second-order valence-corrected chi connectivity index (χ2v) is 7.75. The summed E-state index contributed by atoms with van der Waals surface area (Å²) >= 11 is 11.9. The minimum Gasteiger partial charge on any atom is -0.381 e. The monoisotopic (exact) mass is 368 g/mol. The van der Waals surface area contributed by atoms with E-state index in [1.807, 2.05) is 0 Å². The first kappa shape index (κ1) is 17.7. The summed E-state index contributed by atoms with van der Waals surface area (Å²) in [4.78, 5) is 4.07. The van der Waals surface area contributed by atoms with Crippen LogP contribution in [0, 0.1) is 12.8 Å². The molecule has 9 heteroatoms. The van der Waals surface area contributed by atoms with Gasteiger partial charge in [-0.1, -0.05) is 23.2 Å². The third-order valence-electron chi connectivity index (χ3n) is 3.53. The number of methoxy groups -OCH3 is 1. The van der Waals surface area contributed by atoms with Gasteiger partial charge in [-0.05, 0) is 19.4 Å². The largest absolute Gasteiger partial charge is 0.381 e. The summed E-state index contributed by atoms with van der Waals surface area (Å²) in [5.41, 5.74) is 0.497. The lowest BCUT2D eigenvalue weighted by atomic mass is 10.0. The van der Waals surface area contributed by atoms with Gasteiger partial charge in [-0.2, -0.15) is 0 Å². The van der Waals surface area contributed by atoms with Gasteiger partial charge in [-0.3, -0.25) is 4.72 Å². The average Bonchev–Trinajstić information content (AvgIpc) is 2.96. The number of hydrogen-bond donors (Lipinski definition) is 1. The third kappa shape index (κ3) is 4.45. The number of rotatable bonds is 6. The highest BCUT2D eigenvalue weighted by molar-refractivity contribution is 7.92. The molecule has 0 radical (unpaired) electrons. The minimum absolute atomic E-state index is 0.0666. The summed E-state index contributed by atoms with van der Waals surface area (Å²) in [7, 11) is -2.16. The van der Waals surface area contributed by atoms with E-state index in [1.54, 1.807) is 6.92 Å². The SMILES string of the molecule is COC(CS(=O)(=O)Nc1nc(C)c(Cl)cc1Cl)C1CCOC1. The van der Waals surface area contributed by atoms with Crippen LogP contribution in [0.4, 0.5) is 5.82 Å². The molecular weight excluding hydrogens is 351 g/mol. The van der Waals surface area contributed by atoms with Crippen molar-refractivity contribution in [1.29, 1.82) is 0 Å². The van der Waals surface area contributed by atoms with E-state index in [4.69, 9.17) is 32.7 Å². The number of nitrogens with zero attached hydrogens (tertiary/aromatic N) is 1. The predicted octanol–water partition coefficient (Wildman–Crippen LogP) is 2.49. The van der Waals surface area contributed by atoms with E-state index in [9.17, 15) is 8.42 Å². The quantitative estimate of drug-likeness (QED) is 0.834. The average molecular weight is 369 g/mol. The van der Waals surface area contributed by atoms with Crippen LogP contribution in [0.3, 0.4) is 0 Å². The van der Waals surface area contributed by atoms with Crippen LogP contribution in [-0.4, -0.2) is 45.6 Å². The van der Waals surface area contributed by atoms with E-state index in [-0.39, 0.29) is 22.5 Å². The molecule has 1 saturated heterocycles. The smallest absolute Gasteiger partial charge is 0.236 e. The number of sulfonamides is 1. The Labute approximate surface area is 140 Å². The van der Waals surface area contributed by atoms with Crippen molar-refractivity contribution in [3.05, 3.63) is 21.8 Å². The Balaban J connectivity index is 2.11. The molecule has 2 rings (SSSR count). The highest BCUT2D eigenvalue weighted by Crippen LogP contribution is 2.27. The predicted molar refractivity (Wildman–Crippen MR) is 86.1 cm³/mol. The molecule has 2 heterocycles. The number of nitrogens with one attached hydrogen (secondary N) is 1. The number of pyridine rings is 1. The molecule has 1 aliphatic heterocycles. The van der Waals surface area contributed by atoms with Crippen LogP contribution >= 0.6 is 23.2 Å². The molecule has 1 N–H and O–H groups in total. The molecule has 0 aromatic carbocycles. The zero-order chi connectivity index (χ0) is 16.3. The fourth-order valence-corrected chi connectivity index (χ4v) is 4.11. The van der Waals surface area contributed by atoms with Crippen LogP contribution in [0.25, 0.3) is 0 Å². The highest BCUT2D eigenvalue weighted by atomic mass is 35.5. The molecule has 2 unspecified atom stereocenters. The van der Waals surface area contributed by atoms with Gasteiger partial charge < -0.3 is 9.47 Å². The zero-order valence-corrected chi connectivity index (χ0v) is 14.6. The Morgan fingerprint density at radius 2 is 2.23 bits per heavy atom. The Morgan fingerprint density at radius 1 is 1.50 bits per heavy atom. The Kier molecular flexibility index (Phi) is 5.90. The number of anilines is 1. The molecule has 1 fully saturated rings. The summed E-state index contributed by atoms with van der Waals surface area (Å²) in [6.45, 7) is 2.80. The molecule has 0 bridgehead atoms. The first-order chi connectivity index (χ1) is 10.3. The molecule has 22 heavy (non-hydrogen) atoms. The van der Waals surface area contributed by atoms with Gasteiger partial charge in [-0.25, -0.2) is 13.4 Å². The summed E-state index contributed by atoms with van der Waals surface area (Å²) in [5.74, 6) is -0.0462. The normalized spacial score (nSPS) is 20.1. The van der Waals surface area contributed by atoms with Crippen LogP contribution in [0.1, 0.15) is 12.1 Å². The minimum atomic E-state index is -3.66. The first-order valence-corrected chi connectivity index (χ1v) is 9.17. The molecule has 1 aromatic heterocycles. The Morgan fingerprint density at radius 3 is 2.82 bits per heavy atom. The van der Waals surface area contributed by atoms with Crippen LogP contribution < -0.4 is 4.72 Å². The number of hydrogen-bond acceptors (Lipinski definition) is 5. The molecular formula is C13H18Cl2N2O4S. The van der Waals surface area contributed by atoms with Gasteiger partial charge >= 0.3 is 0 Å². The summed E-state index contributed by atoms with van der Waals surface area (Å²) in [5, 5.41) is 0.531. The number of halogens is 2. The topological polar surface area (TPSA) is 77.5 Å². The molecule has 0 amide bonds. The fourth-order valence-electron chi connectivity index (χ4n) is 2.28. The van der Waals surface area contributed by atoms with Crippen LogP contribution in [0.2, 0.25) is 10.0 Å². The van der Waals surface area contributed by atoms with Crippen LogP contribution in [-0.2, 0) is 19.5 Å². The Hall–Kier alpha value is -0.600. The van der Waals surface area contributed by atoms with Gasteiger partial charge in [0.2, 0.25) is 10.0 Å². The van der Waals surface area contributed by atoms with Crippen molar-refractivity contribution >= 4 is 39.0 Å². The second-order valence-electron chi connectivity index (χ2n) is 5.17. The molecule has 0 saturated carbocycles. The van der Waals surface area contributed by atoms with Crippen LogP contribution in [0.5, 0.6) is 0 Å². The third-order valence-corrected chi connectivity index (χ3v) is 5.48. The second kappa shape index (κ2) is 7.31. The molecule has 0 spiro atoms. The van der Waals surface area contributed by atoms with Crippen molar-refractivity contribution < 1.29 is 17.9 Å². The molecule has 1 aromatic rings. The van der Waals surface area contributed by atoms with Crippen LogP contribution in [0.15, 0.2) is 6.07 Å². The van der Waals surface area contributed by atoms with Gasteiger partial charge in [0, 0.05) is 19.6 Å². The van der Waals surface area contributed by atoms with Crippen molar-refractivity contribution in [1.82, 2.24) is 4.98 Å².